The quantitative estimate of drug-likeness (QED) is 0.662. The summed E-state index contributed by atoms with van der Waals surface area (Å²) < 4.78 is 1.38. The number of amidine groups is 1. The molecule has 1 heterocycles. The maximum atomic E-state index is 5.01. The van der Waals surface area contributed by atoms with Crippen molar-refractivity contribution in [2.75, 3.05) is 6.73 Å². The molecule has 0 saturated heterocycles. The first-order valence-corrected chi connectivity index (χ1v) is 4.00. The number of hydrogen-bond donors (Lipinski definition) is 1. The molecule has 0 N–H and O–H groups in total. The van der Waals surface area contributed by atoms with Crippen LogP contribution in [0.15, 0.2) is 35.3 Å². The molecule has 1 aliphatic heterocycles. The highest BCUT2D eigenvalue weighted by atomic mass is 32.1. The van der Waals surface area contributed by atoms with E-state index < -0.39 is 0 Å². The van der Waals surface area contributed by atoms with Crippen LogP contribution in [0.5, 0.6) is 0 Å². The summed E-state index contributed by atoms with van der Waals surface area (Å²) in [5.41, 5.74) is 1.02. The molecule has 0 unspecified atom stereocenters. The van der Waals surface area contributed by atoms with Gasteiger partial charge in [-0.3, -0.25) is 0 Å². The summed E-state index contributed by atoms with van der Waals surface area (Å²) in [7, 11) is 0. The predicted octanol–water partition coefficient (Wildman–Crippen LogP) is 1.48. The molecule has 0 atom stereocenters. The summed E-state index contributed by atoms with van der Waals surface area (Å²) in [6.07, 6.45) is 0. The first-order valence-electron chi connectivity index (χ1n) is 3.60. The van der Waals surface area contributed by atoms with Crippen LogP contribution in [-0.4, -0.2) is 17.0 Å². The molecule has 0 amide bonds. The highest BCUT2D eigenvalue weighted by molar-refractivity contribution is 7.78. The standard InChI is InChI=1S/C8H8N2OS/c12-10-8(9-6-11-10)7-4-2-1-3-5-7/h1-5,12H,6H2. The van der Waals surface area contributed by atoms with Crippen LogP contribution < -0.4 is 0 Å². The fourth-order valence-corrected chi connectivity index (χ4v) is 1.29. The molecule has 4 heteroatoms. The highest BCUT2D eigenvalue weighted by Crippen LogP contribution is 2.13. The summed E-state index contributed by atoms with van der Waals surface area (Å²) in [6, 6.07) is 9.81. The predicted molar refractivity (Wildman–Crippen MR) is 49.8 cm³/mol. The first-order chi connectivity index (χ1) is 5.88. The van der Waals surface area contributed by atoms with Crippen molar-refractivity contribution in [1.82, 2.24) is 4.47 Å². The maximum Gasteiger partial charge on any atom is 0.170 e. The number of rotatable bonds is 1. The number of thiol groups is 1. The molecule has 0 radical (unpaired) electrons. The van der Waals surface area contributed by atoms with E-state index in [-0.39, 0.29) is 0 Å². The first kappa shape index (κ1) is 7.64. The Morgan fingerprint density at radius 1 is 1.33 bits per heavy atom. The van der Waals surface area contributed by atoms with E-state index in [1.807, 2.05) is 30.3 Å². The zero-order valence-electron chi connectivity index (χ0n) is 6.34. The molecule has 12 heavy (non-hydrogen) atoms. The molecule has 0 aliphatic carbocycles. The molecule has 2 rings (SSSR count). The SMILES string of the molecule is SN1OCN=C1c1ccccc1. The molecule has 0 spiro atoms. The molecule has 1 aromatic carbocycles. The van der Waals surface area contributed by atoms with Crippen molar-refractivity contribution in [3.63, 3.8) is 0 Å². The van der Waals surface area contributed by atoms with Crippen LogP contribution in [0.25, 0.3) is 0 Å². The van der Waals surface area contributed by atoms with Gasteiger partial charge in [-0.05, 0) is 12.8 Å². The van der Waals surface area contributed by atoms with Gasteiger partial charge in [0.2, 0.25) is 0 Å². The van der Waals surface area contributed by atoms with Crippen LogP contribution in [0, 0.1) is 0 Å². The minimum atomic E-state index is 0.355. The average molecular weight is 180 g/mol. The third kappa shape index (κ3) is 1.31. The third-order valence-corrected chi connectivity index (χ3v) is 1.91. The zero-order valence-corrected chi connectivity index (χ0v) is 7.24. The summed E-state index contributed by atoms with van der Waals surface area (Å²) in [4.78, 5) is 9.14. The van der Waals surface area contributed by atoms with Crippen LogP contribution in [-0.2, 0) is 4.84 Å². The van der Waals surface area contributed by atoms with Gasteiger partial charge in [-0.2, -0.15) is 4.47 Å². The molecule has 0 fully saturated rings. The Hall–Kier alpha value is -1.00. The maximum absolute atomic E-state index is 5.01. The molecule has 3 nitrogen and oxygen atoms in total. The van der Waals surface area contributed by atoms with Gasteiger partial charge in [0, 0.05) is 5.56 Å². The number of hydroxylamine groups is 1. The van der Waals surface area contributed by atoms with Gasteiger partial charge in [0.1, 0.15) is 0 Å². The van der Waals surface area contributed by atoms with E-state index in [9.17, 15) is 0 Å². The highest BCUT2D eigenvalue weighted by Gasteiger charge is 2.15. The van der Waals surface area contributed by atoms with Gasteiger partial charge in [-0.1, -0.05) is 30.3 Å². The molecule has 0 bridgehead atoms. The Bertz CT molecular complexity index is 299. The van der Waals surface area contributed by atoms with E-state index in [0.717, 1.165) is 11.4 Å². The van der Waals surface area contributed by atoms with Crippen molar-refractivity contribution in [2.24, 2.45) is 4.99 Å². The van der Waals surface area contributed by atoms with Crippen LogP contribution >= 0.6 is 12.8 Å². The summed E-state index contributed by atoms with van der Waals surface area (Å²) in [5, 5.41) is 0. The lowest BCUT2D eigenvalue weighted by molar-refractivity contribution is 0.0108. The van der Waals surface area contributed by atoms with E-state index in [0.29, 0.717) is 6.73 Å². The van der Waals surface area contributed by atoms with Crippen molar-refractivity contribution in [2.45, 2.75) is 0 Å². The molecule has 0 aromatic heterocycles. The lowest BCUT2D eigenvalue weighted by atomic mass is 10.2. The van der Waals surface area contributed by atoms with Gasteiger partial charge >= 0.3 is 0 Å². The van der Waals surface area contributed by atoms with Gasteiger partial charge in [-0.15, -0.1) is 0 Å². The Balaban J connectivity index is 2.31. The average Bonchev–Trinajstić information content (AvgIpc) is 2.53. The summed E-state index contributed by atoms with van der Waals surface area (Å²) in [6.45, 7) is 0.355. The second-order valence-corrected chi connectivity index (χ2v) is 2.74. The zero-order chi connectivity index (χ0) is 8.39. The van der Waals surface area contributed by atoms with Crippen molar-refractivity contribution in [1.29, 1.82) is 0 Å². The largest absolute Gasteiger partial charge is 0.238 e. The van der Waals surface area contributed by atoms with Gasteiger partial charge in [0.05, 0.1) is 0 Å². The van der Waals surface area contributed by atoms with Crippen molar-refractivity contribution >= 4 is 18.7 Å². The van der Waals surface area contributed by atoms with E-state index in [4.69, 9.17) is 4.84 Å². The Kier molecular flexibility index (Phi) is 2.01. The van der Waals surface area contributed by atoms with E-state index >= 15 is 0 Å². The monoisotopic (exact) mass is 180 g/mol. The molecule has 1 aromatic rings. The lowest BCUT2D eigenvalue weighted by Gasteiger charge is -2.09. The molecular formula is C8H8N2OS. The summed E-state index contributed by atoms with van der Waals surface area (Å²) >= 11 is 4.08. The number of aliphatic imine (C=N–C) groups is 1. The van der Waals surface area contributed by atoms with Gasteiger partial charge in [-0.25, -0.2) is 9.83 Å². The topological polar surface area (TPSA) is 24.8 Å². The van der Waals surface area contributed by atoms with Gasteiger partial charge < -0.3 is 0 Å². The van der Waals surface area contributed by atoms with Crippen LogP contribution in [0.2, 0.25) is 0 Å². The van der Waals surface area contributed by atoms with E-state index in [1.54, 1.807) is 0 Å². The smallest absolute Gasteiger partial charge is 0.170 e. The van der Waals surface area contributed by atoms with Crippen LogP contribution in [0.3, 0.4) is 0 Å². The van der Waals surface area contributed by atoms with E-state index in [1.165, 1.54) is 4.47 Å². The summed E-state index contributed by atoms with van der Waals surface area (Å²) in [5.74, 6) is 0.763. The minimum absolute atomic E-state index is 0.355. The number of hydrogen-bond acceptors (Lipinski definition) is 4. The Morgan fingerprint density at radius 2 is 2.08 bits per heavy atom. The molecular weight excluding hydrogens is 172 g/mol. The Labute approximate surface area is 76.2 Å². The van der Waals surface area contributed by atoms with Crippen molar-refractivity contribution in [3.05, 3.63) is 35.9 Å². The Morgan fingerprint density at radius 3 is 2.67 bits per heavy atom. The number of benzene rings is 1. The number of nitrogens with zero attached hydrogens (tertiary/aromatic N) is 2. The van der Waals surface area contributed by atoms with Crippen molar-refractivity contribution in [3.8, 4) is 0 Å². The second-order valence-electron chi connectivity index (χ2n) is 2.38. The van der Waals surface area contributed by atoms with Gasteiger partial charge in [0.25, 0.3) is 0 Å². The van der Waals surface area contributed by atoms with Crippen LogP contribution in [0.1, 0.15) is 5.56 Å². The lowest BCUT2D eigenvalue weighted by Crippen LogP contribution is -2.15. The van der Waals surface area contributed by atoms with Crippen LogP contribution in [0.4, 0.5) is 0 Å². The molecule has 62 valence electrons. The second kappa shape index (κ2) is 3.16. The molecule has 0 saturated carbocycles. The minimum Gasteiger partial charge on any atom is -0.238 e. The third-order valence-electron chi connectivity index (χ3n) is 1.61. The van der Waals surface area contributed by atoms with Crippen molar-refractivity contribution < 1.29 is 4.84 Å². The van der Waals surface area contributed by atoms with E-state index in [2.05, 4.69) is 17.8 Å². The fourth-order valence-electron chi connectivity index (χ4n) is 1.06. The molecule has 1 aliphatic rings. The fraction of sp³-hybridized carbons (Fsp3) is 0.125. The van der Waals surface area contributed by atoms with Gasteiger partial charge in [0.15, 0.2) is 12.6 Å². The normalized spacial score (nSPS) is 16.4.